The lowest BCUT2D eigenvalue weighted by Crippen LogP contribution is -2.59. The van der Waals surface area contributed by atoms with E-state index in [4.69, 9.17) is 5.10 Å². The zero-order valence-electron chi connectivity index (χ0n) is 14.9. The molecule has 1 aliphatic heterocycles. The summed E-state index contributed by atoms with van der Waals surface area (Å²) < 4.78 is 3.82. The van der Waals surface area contributed by atoms with E-state index >= 15 is 0 Å². The van der Waals surface area contributed by atoms with Crippen molar-refractivity contribution < 1.29 is 0 Å². The van der Waals surface area contributed by atoms with E-state index < -0.39 is 0 Å². The number of rotatable bonds is 6. The monoisotopic (exact) mass is 353 g/mol. The molecule has 0 aromatic carbocycles. The molecule has 0 atom stereocenters. The van der Waals surface area contributed by atoms with Gasteiger partial charge in [0, 0.05) is 37.8 Å². The molecule has 9 nitrogen and oxygen atoms in total. The Labute approximate surface area is 151 Å². The molecular formula is C17H23N9. The van der Waals surface area contributed by atoms with E-state index in [1.54, 1.807) is 6.20 Å². The van der Waals surface area contributed by atoms with Crippen LogP contribution >= 0.6 is 0 Å². The minimum Gasteiger partial charge on any atom is -0.352 e. The van der Waals surface area contributed by atoms with Gasteiger partial charge in [-0.05, 0) is 32.0 Å². The lowest BCUT2D eigenvalue weighted by atomic mass is 9.85. The number of hydrogen-bond acceptors (Lipinski definition) is 7. The van der Waals surface area contributed by atoms with Crippen LogP contribution in [-0.2, 0) is 6.54 Å². The summed E-state index contributed by atoms with van der Waals surface area (Å²) in [6.07, 6.45) is 7.31. The van der Waals surface area contributed by atoms with E-state index in [1.165, 1.54) is 19.3 Å². The van der Waals surface area contributed by atoms with Gasteiger partial charge >= 0.3 is 0 Å². The van der Waals surface area contributed by atoms with Crippen molar-refractivity contribution in [3.63, 3.8) is 0 Å². The molecule has 0 unspecified atom stereocenters. The van der Waals surface area contributed by atoms with Gasteiger partial charge in [0.2, 0.25) is 0 Å². The van der Waals surface area contributed by atoms with Gasteiger partial charge in [-0.1, -0.05) is 11.6 Å². The summed E-state index contributed by atoms with van der Waals surface area (Å²) in [5.74, 6) is 2.56. The average Bonchev–Trinajstić information content (AvgIpc) is 3.20. The van der Waals surface area contributed by atoms with Crippen LogP contribution in [0.15, 0.2) is 24.5 Å². The quantitative estimate of drug-likeness (QED) is 0.648. The first-order valence-electron chi connectivity index (χ1n) is 9.29. The standard InChI is InChI=1S/C17H23N9/c1-23(9-10-25-8-7-18-22-25)14-11-24(12-14)16-6-5-15-19-20-17(26(15)21-16)13-3-2-4-13/h5-8,13-14H,2-4,9-12H2,1H3. The van der Waals surface area contributed by atoms with Crippen LogP contribution in [0.3, 0.4) is 0 Å². The maximum absolute atomic E-state index is 4.82. The molecule has 0 N–H and O–H groups in total. The largest absolute Gasteiger partial charge is 0.352 e. The van der Waals surface area contributed by atoms with Gasteiger partial charge in [-0.15, -0.1) is 20.4 Å². The molecule has 5 rings (SSSR count). The summed E-state index contributed by atoms with van der Waals surface area (Å²) in [4.78, 5) is 4.70. The molecule has 0 radical (unpaired) electrons. The SMILES string of the molecule is CN(CCn1ccnn1)C1CN(c2ccc3nnc(C4CCC4)n3n2)C1. The van der Waals surface area contributed by atoms with Gasteiger partial charge < -0.3 is 4.90 Å². The first-order valence-corrected chi connectivity index (χ1v) is 9.29. The highest BCUT2D eigenvalue weighted by molar-refractivity contribution is 5.48. The van der Waals surface area contributed by atoms with Gasteiger partial charge in [0.05, 0.1) is 12.7 Å². The number of likely N-dealkylation sites (N-methyl/N-ethyl adjacent to an activating group) is 1. The summed E-state index contributed by atoms with van der Waals surface area (Å²) in [5.41, 5.74) is 0.845. The van der Waals surface area contributed by atoms with Crippen LogP contribution in [0.2, 0.25) is 0 Å². The van der Waals surface area contributed by atoms with Crippen LogP contribution in [-0.4, -0.2) is 72.4 Å². The van der Waals surface area contributed by atoms with Crippen LogP contribution in [0.5, 0.6) is 0 Å². The Morgan fingerprint density at radius 3 is 2.81 bits per heavy atom. The van der Waals surface area contributed by atoms with E-state index in [1.807, 2.05) is 21.5 Å². The minimum absolute atomic E-state index is 0.528. The molecule has 1 saturated carbocycles. The van der Waals surface area contributed by atoms with E-state index in [2.05, 4.69) is 43.4 Å². The second kappa shape index (κ2) is 6.31. The van der Waals surface area contributed by atoms with Crippen molar-refractivity contribution in [3.8, 4) is 0 Å². The lowest BCUT2D eigenvalue weighted by molar-refractivity contribution is 0.194. The molecule has 1 saturated heterocycles. The van der Waals surface area contributed by atoms with Gasteiger partial charge in [-0.2, -0.15) is 4.52 Å². The fourth-order valence-corrected chi connectivity index (χ4v) is 3.60. The van der Waals surface area contributed by atoms with Gasteiger partial charge in [0.1, 0.15) is 5.82 Å². The predicted octanol–water partition coefficient (Wildman–Crippen LogP) is 0.804. The van der Waals surface area contributed by atoms with Crippen molar-refractivity contribution in [2.75, 3.05) is 31.6 Å². The third kappa shape index (κ3) is 2.72. The molecule has 4 heterocycles. The van der Waals surface area contributed by atoms with Gasteiger partial charge in [0.25, 0.3) is 0 Å². The molecule has 9 heteroatoms. The summed E-state index contributed by atoms with van der Waals surface area (Å²) in [6, 6.07) is 4.63. The molecule has 2 aliphatic rings. The van der Waals surface area contributed by atoms with Crippen molar-refractivity contribution in [1.29, 1.82) is 0 Å². The number of aromatic nitrogens is 7. The summed E-state index contributed by atoms with van der Waals surface area (Å²) in [6.45, 7) is 3.81. The van der Waals surface area contributed by atoms with Crippen LogP contribution in [0.4, 0.5) is 5.82 Å². The zero-order valence-corrected chi connectivity index (χ0v) is 14.9. The molecule has 0 spiro atoms. The Morgan fingerprint density at radius 2 is 2.08 bits per heavy atom. The van der Waals surface area contributed by atoms with Gasteiger partial charge in [0.15, 0.2) is 11.5 Å². The molecule has 0 amide bonds. The fraction of sp³-hybridized carbons (Fsp3) is 0.588. The highest BCUT2D eigenvalue weighted by atomic mass is 15.4. The van der Waals surface area contributed by atoms with Crippen LogP contribution in [0.1, 0.15) is 31.0 Å². The van der Waals surface area contributed by atoms with Crippen molar-refractivity contribution in [2.45, 2.75) is 37.8 Å². The second-order valence-electron chi connectivity index (χ2n) is 7.35. The molecule has 26 heavy (non-hydrogen) atoms. The maximum atomic E-state index is 4.82. The Bertz CT molecular complexity index is 877. The van der Waals surface area contributed by atoms with Crippen LogP contribution < -0.4 is 4.90 Å². The number of nitrogens with zero attached hydrogens (tertiary/aromatic N) is 9. The van der Waals surface area contributed by atoms with Crippen molar-refractivity contribution in [2.24, 2.45) is 0 Å². The van der Waals surface area contributed by atoms with Gasteiger partial charge in [-0.3, -0.25) is 9.58 Å². The molecule has 2 fully saturated rings. The van der Waals surface area contributed by atoms with Crippen molar-refractivity contribution in [3.05, 3.63) is 30.4 Å². The highest BCUT2D eigenvalue weighted by Crippen LogP contribution is 2.35. The first-order chi connectivity index (χ1) is 12.8. The number of fused-ring (bicyclic) bond motifs is 1. The fourth-order valence-electron chi connectivity index (χ4n) is 3.60. The van der Waals surface area contributed by atoms with Gasteiger partial charge in [-0.25, -0.2) is 0 Å². The molecule has 3 aromatic heterocycles. The second-order valence-corrected chi connectivity index (χ2v) is 7.35. The number of anilines is 1. The smallest absolute Gasteiger partial charge is 0.178 e. The molecule has 1 aliphatic carbocycles. The van der Waals surface area contributed by atoms with Crippen molar-refractivity contribution >= 4 is 11.5 Å². The van der Waals surface area contributed by atoms with E-state index in [0.29, 0.717) is 12.0 Å². The zero-order chi connectivity index (χ0) is 17.5. The topological polar surface area (TPSA) is 80.3 Å². The lowest BCUT2D eigenvalue weighted by Gasteiger charge is -2.44. The Hall–Kier alpha value is -2.55. The molecule has 136 valence electrons. The minimum atomic E-state index is 0.528. The summed E-state index contributed by atoms with van der Waals surface area (Å²) >= 11 is 0. The highest BCUT2D eigenvalue weighted by Gasteiger charge is 2.31. The van der Waals surface area contributed by atoms with Crippen LogP contribution in [0.25, 0.3) is 5.65 Å². The van der Waals surface area contributed by atoms with E-state index in [0.717, 1.165) is 43.5 Å². The Balaban J connectivity index is 1.22. The summed E-state index contributed by atoms with van der Waals surface area (Å²) in [5, 5.41) is 21.3. The Kier molecular flexibility index (Phi) is 3.81. The average molecular weight is 353 g/mol. The van der Waals surface area contributed by atoms with E-state index in [-0.39, 0.29) is 0 Å². The predicted molar refractivity (Wildman–Crippen MR) is 96.0 cm³/mol. The van der Waals surface area contributed by atoms with Crippen LogP contribution in [0, 0.1) is 0 Å². The normalized spacial score (nSPS) is 18.5. The third-order valence-corrected chi connectivity index (χ3v) is 5.71. The maximum Gasteiger partial charge on any atom is 0.178 e. The molecule has 0 bridgehead atoms. The molecule has 3 aromatic rings. The van der Waals surface area contributed by atoms with E-state index in [9.17, 15) is 0 Å². The number of hydrogen-bond donors (Lipinski definition) is 0. The first kappa shape index (κ1) is 15.7. The summed E-state index contributed by atoms with van der Waals surface area (Å²) in [7, 11) is 2.17. The third-order valence-electron chi connectivity index (χ3n) is 5.71. The Morgan fingerprint density at radius 1 is 1.19 bits per heavy atom. The van der Waals surface area contributed by atoms with Crippen molar-refractivity contribution in [1.82, 2.24) is 39.7 Å². The molecular weight excluding hydrogens is 330 g/mol.